The first-order chi connectivity index (χ1) is 11.3. The number of nitrogens with one attached hydrogen (secondary N) is 1. The van der Waals surface area contributed by atoms with E-state index < -0.39 is 0 Å². The van der Waals surface area contributed by atoms with Gasteiger partial charge in [0.1, 0.15) is 0 Å². The number of nitrogens with zero attached hydrogens (tertiary/aromatic N) is 4. The molecular formula is C17H15N5O. The van der Waals surface area contributed by atoms with Crippen LogP contribution in [0.5, 0.6) is 0 Å². The highest BCUT2D eigenvalue weighted by Gasteiger charge is 2.10. The lowest BCUT2D eigenvalue weighted by molar-refractivity contribution is 0.102. The van der Waals surface area contributed by atoms with E-state index in [1.165, 1.54) is 4.80 Å². The van der Waals surface area contributed by atoms with Crippen LogP contribution in [0, 0.1) is 0 Å². The molecule has 114 valence electrons. The van der Waals surface area contributed by atoms with Gasteiger partial charge in [-0.2, -0.15) is 4.80 Å². The van der Waals surface area contributed by atoms with Crippen molar-refractivity contribution < 1.29 is 4.79 Å². The van der Waals surface area contributed by atoms with Crippen LogP contribution < -0.4 is 5.32 Å². The van der Waals surface area contributed by atoms with Crippen LogP contribution in [0.25, 0.3) is 11.1 Å². The quantitative estimate of drug-likeness (QED) is 0.736. The van der Waals surface area contributed by atoms with Crippen molar-refractivity contribution in [1.29, 1.82) is 0 Å². The van der Waals surface area contributed by atoms with Gasteiger partial charge >= 0.3 is 0 Å². The van der Waals surface area contributed by atoms with Crippen molar-refractivity contribution >= 4 is 11.9 Å². The SMILES string of the molecule is C=CCn1nnc(NC(=O)c2ccc(-c3ccccc3)cc2)n1. The number of benzene rings is 2. The molecule has 1 aromatic heterocycles. The Hall–Kier alpha value is -3.28. The summed E-state index contributed by atoms with van der Waals surface area (Å²) in [5.74, 6) is -0.105. The van der Waals surface area contributed by atoms with Gasteiger partial charge in [-0.3, -0.25) is 10.1 Å². The minimum Gasteiger partial charge on any atom is -0.288 e. The monoisotopic (exact) mass is 305 g/mol. The summed E-state index contributed by atoms with van der Waals surface area (Å²) in [7, 11) is 0. The van der Waals surface area contributed by atoms with Gasteiger partial charge in [0.05, 0.1) is 6.54 Å². The van der Waals surface area contributed by atoms with E-state index in [-0.39, 0.29) is 11.9 Å². The average molecular weight is 305 g/mol. The Morgan fingerprint density at radius 1 is 1.09 bits per heavy atom. The summed E-state index contributed by atoms with van der Waals surface area (Å²) in [6, 6.07) is 17.3. The number of hydrogen-bond donors (Lipinski definition) is 1. The molecule has 6 nitrogen and oxygen atoms in total. The van der Waals surface area contributed by atoms with E-state index in [1.807, 2.05) is 42.5 Å². The molecule has 0 atom stereocenters. The zero-order valence-electron chi connectivity index (χ0n) is 12.4. The Labute approximate surface area is 133 Å². The summed E-state index contributed by atoms with van der Waals surface area (Å²) in [6.07, 6.45) is 1.65. The number of anilines is 1. The van der Waals surface area contributed by atoms with Gasteiger partial charge in [0, 0.05) is 5.56 Å². The second-order valence-corrected chi connectivity index (χ2v) is 4.85. The second-order valence-electron chi connectivity index (χ2n) is 4.85. The maximum atomic E-state index is 12.2. The van der Waals surface area contributed by atoms with E-state index in [1.54, 1.807) is 18.2 Å². The molecule has 6 heteroatoms. The van der Waals surface area contributed by atoms with Crippen LogP contribution in [-0.2, 0) is 6.54 Å². The Morgan fingerprint density at radius 3 is 2.48 bits per heavy atom. The van der Waals surface area contributed by atoms with E-state index in [0.29, 0.717) is 12.1 Å². The molecule has 0 saturated carbocycles. The van der Waals surface area contributed by atoms with Crippen LogP contribution in [0.2, 0.25) is 0 Å². The molecule has 0 bridgehead atoms. The predicted molar refractivity (Wildman–Crippen MR) is 87.8 cm³/mol. The third-order valence-corrected chi connectivity index (χ3v) is 3.22. The van der Waals surface area contributed by atoms with Crippen LogP contribution in [0.4, 0.5) is 5.95 Å². The molecule has 2 aromatic carbocycles. The Balaban J connectivity index is 1.71. The number of aromatic nitrogens is 4. The topological polar surface area (TPSA) is 72.7 Å². The molecule has 0 spiro atoms. The van der Waals surface area contributed by atoms with E-state index in [0.717, 1.165) is 11.1 Å². The number of allylic oxidation sites excluding steroid dienone is 1. The van der Waals surface area contributed by atoms with Gasteiger partial charge in [-0.25, -0.2) is 0 Å². The summed E-state index contributed by atoms with van der Waals surface area (Å²) >= 11 is 0. The van der Waals surface area contributed by atoms with Gasteiger partial charge in [-0.15, -0.1) is 11.7 Å². The first-order valence-electron chi connectivity index (χ1n) is 7.12. The third kappa shape index (κ3) is 3.49. The zero-order chi connectivity index (χ0) is 16.1. The number of rotatable bonds is 5. The molecule has 1 amide bonds. The van der Waals surface area contributed by atoms with Gasteiger partial charge in [0.2, 0.25) is 0 Å². The molecule has 0 unspecified atom stereocenters. The summed E-state index contributed by atoms with van der Waals surface area (Å²) in [6.45, 7) is 4.03. The molecule has 23 heavy (non-hydrogen) atoms. The predicted octanol–water partition coefficient (Wildman–Crippen LogP) is 2.78. The van der Waals surface area contributed by atoms with Crippen molar-refractivity contribution in [3.63, 3.8) is 0 Å². The molecule has 1 heterocycles. The Morgan fingerprint density at radius 2 is 1.78 bits per heavy atom. The van der Waals surface area contributed by atoms with E-state index in [2.05, 4.69) is 27.3 Å². The standard InChI is InChI=1S/C17H15N5O/c1-2-12-22-20-17(19-21-22)18-16(23)15-10-8-14(9-11-15)13-6-4-3-5-7-13/h2-11H,1,12H2,(H,18,20,23). The van der Waals surface area contributed by atoms with Crippen LogP contribution in [0.1, 0.15) is 10.4 Å². The summed E-state index contributed by atoms with van der Waals surface area (Å²) in [4.78, 5) is 13.5. The van der Waals surface area contributed by atoms with E-state index in [9.17, 15) is 4.79 Å². The molecule has 0 radical (unpaired) electrons. The lowest BCUT2D eigenvalue weighted by Gasteiger charge is -2.04. The minimum atomic E-state index is -0.275. The van der Waals surface area contributed by atoms with Crippen molar-refractivity contribution in [1.82, 2.24) is 20.2 Å². The zero-order valence-corrected chi connectivity index (χ0v) is 12.4. The third-order valence-electron chi connectivity index (χ3n) is 3.22. The highest BCUT2D eigenvalue weighted by Crippen LogP contribution is 2.19. The minimum absolute atomic E-state index is 0.170. The van der Waals surface area contributed by atoms with Crippen LogP contribution in [0.3, 0.4) is 0 Å². The Bertz CT molecular complexity index is 809. The van der Waals surface area contributed by atoms with Crippen molar-refractivity contribution in [3.8, 4) is 11.1 Å². The smallest absolute Gasteiger partial charge is 0.270 e. The lowest BCUT2D eigenvalue weighted by atomic mass is 10.0. The summed E-state index contributed by atoms with van der Waals surface area (Å²) in [5.41, 5.74) is 2.69. The van der Waals surface area contributed by atoms with Gasteiger partial charge < -0.3 is 0 Å². The molecule has 3 rings (SSSR count). The lowest BCUT2D eigenvalue weighted by Crippen LogP contribution is -2.13. The maximum Gasteiger partial charge on any atom is 0.270 e. The van der Waals surface area contributed by atoms with Crippen molar-refractivity contribution in [2.75, 3.05) is 5.32 Å². The normalized spacial score (nSPS) is 10.3. The van der Waals surface area contributed by atoms with Crippen molar-refractivity contribution in [3.05, 3.63) is 72.8 Å². The second kappa shape index (κ2) is 6.65. The fraction of sp³-hybridized carbons (Fsp3) is 0.0588. The summed E-state index contributed by atoms with van der Waals surface area (Å²) in [5, 5.41) is 14.2. The highest BCUT2D eigenvalue weighted by molar-refractivity contribution is 6.03. The summed E-state index contributed by atoms with van der Waals surface area (Å²) < 4.78 is 0. The highest BCUT2D eigenvalue weighted by atomic mass is 16.1. The van der Waals surface area contributed by atoms with Crippen molar-refractivity contribution in [2.24, 2.45) is 0 Å². The van der Waals surface area contributed by atoms with Crippen LogP contribution in [0.15, 0.2) is 67.3 Å². The molecule has 0 saturated heterocycles. The fourth-order valence-corrected chi connectivity index (χ4v) is 2.10. The number of amides is 1. The van der Waals surface area contributed by atoms with Gasteiger partial charge in [-0.1, -0.05) is 53.6 Å². The first-order valence-corrected chi connectivity index (χ1v) is 7.12. The molecule has 0 aliphatic heterocycles. The molecule has 0 aliphatic rings. The molecule has 0 fully saturated rings. The largest absolute Gasteiger partial charge is 0.288 e. The molecule has 0 aliphatic carbocycles. The molecule has 3 aromatic rings. The van der Waals surface area contributed by atoms with E-state index >= 15 is 0 Å². The fourth-order valence-electron chi connectivity index (χ4n) is 2.10. The number of hydrogen-bond acceptors (Lipinski definition) is 4. The van der Waals surface area contributed by atoms with Crippen LogP contribution in [-0.4, -0.2) is 26.1 Å². The number of carbonyl (C=O) groups is 1. The number of carbonyl (C=O) groups excluding carboxylic acids is 1. The van der Waals surface area contributed by atoms with Gasteiger partial charge in [0.25, 0.3) is 11.9 Å². The van der Waals surface area contributed by atoms with Crippen LogP contribution >= 0.6 is 0 Å². The van der Waals surface area contributed by atoms with Gasteiger partial charge in [0.15, 0.2) is 0 Å². The Kier molecular flexibility index (Phi) is 4.24. The molecular weight excluding hydrogens is 290 g/mol. The van der Waals surface area contributed by atoms with Crippen molar-refractivity contribution in [2.45, 2.75) is 6.54 Å². The number of tetrazole rings is 1. The first kappa shape index (κ1) is 14.6. The maximum absolute atomic E-state index is 12.2. The molecule has 1 N–H and O–H groups in total. The van der Waals surface area contributed by atoms with E-state index in [4.69, 9.17) is 0 Å². The average Bonchev–Trinajstić information content (AvgIpc) is 3.03. The van der Waals surface area contributed by atoms with Gasteiger partial charge in [-0.05, 0) is 28.5 Å².